The Labute approximate surface area is 102 Å². The molecule has 1 aromatic rings. The van der Waals surface area contributed by atoms with Crippen LogP contribution in [0.5, 0.6) is 0 Å². The molecule has 1 aromatic heterocycles. The van der Waals surface area contributed by atoms with Crippen LogP contribution in [0, 0.1) is 19.8 Å². The molecule has 1 rings (SSSR count). The summed E-state index contributed by atoms with van der Waals surface area (Å²) >= 11 is 6.06. The lowest BCUT2D eigenvalue weighted by molar-refractivity contribution is 0.430. The molecule has 0 amide bonds. The number of oxazole rings is 1. The molecule has 1 unspecified atom stereocenters. The first kappa shape index (κ1) is 13.0. The van der Waals surface area contributed by atoms with Crippen molar-refractivity contribution in [1.82, 2.24) is 4.98 Å². The number of rotatable bonds is 6. The molecule has 0 aliphatic heterocycles. The second-order valence-electron chi connectivity index (χ2n) is 3.77. The van der Waals surface area contributed by atoms with Crippen molar-refractivity contribution >= 4 is 24.4 Å². The second kappa shape index (κ2) is 6.48. The Morgan fingerprint density at radius 3 is 2.67 bits per heavy atom. The van der Waals surface area contributed by atoms with E-state index in [0.717, 1.165) is 28.2 Å². The summed E-state index contributed by atoms with van der Waals surface area (Å²) in [6.07, 6.45) is 2.45. The topological polar surface area (TPSA) is 26.0 Å². The van der Waals surface area contributed by atoms with Crippen LogP contribution in [0.3, 0.4) is 0 Å². The van der Waals surface area contributed by atoms with Crippen LogP contribution in [0.15, 0.2) is 9.64 Å². The largest absolute Gasteiger partial charge is 0.437 e. The van der Waals surface area contributed by atoms with Gasteiger partial charge in [-0.05, 0) is 31.9 Å². The summed E-state index contributed by atoms with van der Waals surface area (Å²) < 4.78 is 5.51. The molecule has 1 heterocycles. The van der Waals surface area contributed by atoms with Crippen LogP contribution in [-0.4, -0.2) is 16.5 Å². The Bertz CT molecular complexity index is 279. The van der Waals surface area contributed by atoms with Gasteiger partial charge in [-0.3, -0.25) is 0 Å². The lowest BCUT2D eigenvalue weighted by Crippen LogP contribution is -2.04. The van der Waals surface area contributed by atoms with Crippen LogP contribution in [0.2, 0.25) is 0 Å². The van der Waals surface area contributed by atoms with Gasteiger partial charge in [0.25, 0.3) is 5.22 Å². The minimum Gasteiger partial charge on any atom is -0.437 e. The van der Waals surface area contributed by atoms with Crippen molar-refractivity contribution in [2.45, 2.75) is 38.8 Å². The van der Waals surface area contributed by atoms with E-state index in [1.54, 1.807) is 11.8 Å². The van der Waals surface area contributed by atoms with Gasteiger partial charge in [0.2, 0.25) is 0 Å². The molecule has 0 bridgehead atoms. The van der Waals surface area contributed by atoms with Crippen LogP contribution in [0.4, 0.5) is 0 Å². The first-order valence-corrected chi connectivity index (χ1v) is 6.96. The molecule has 0 aliphatic carbocycles. The van der Waals surface area contributed by atoms with Gasteiger partial charge in [0.05, 0.1) is 5.69 Å². The summed E-state index contributed by atoms with van der Waals surface area (Å²) in [5.41, 5.74) is 0.996. The van der Waals surface area contributed by atoms with Gasteiger partial charge >= 0.3 is 0 Å². The number of aryl methyl sites for hydroxylation is 2. The fraction of sp³-hybridized carbons (Fsp3) is 0.727. The van der Waals surface area contributed by atoms with Crippen LogP contribution >= 0.6 is 24.4 Å². The van der Waals surface area contributed by atoms with Gasteiger partial charge < -0.3 is 4.42 Å². The van der Waals surface area contributed by atoms with Crippen LogP contribution in [0.25, 0.3) is 0 Å². The van der Waals surface area contributed by atoms with Crippen molar-refractivity contribution in [2.24, 2.45) is 5.92 Å². The molecule has 86 valence electrons. The predicted octanol–water partition coefficient (Wildman–Crippen LogP) is 3.73. The fourth-order valence-electron chi connectivity index (χ4n) is 1.33. The maximum atomic E-state index is 5.51. The molecule has 0 aromatic carbocycles. The SMILES string of the molecule is CCCC(CS)CSc1nc(C)c(C)o1. The zero-order chi connectivity index (χ0) is 11.3. The fourth-order valence-corrected chi connectivity index (χ4v) is 2.86. The third-order valence-electron chi connectivity index (χ3n) is 2.41. The van der Waals surface area contributed by atoms with E-state index in [0.29, 0.717) is 5.92 Å². The van der Waals surface area contributed by atoms with E-state index in [4.69, 9.17) is 4.42 Å². The van der Waals surface area contributed by atoms with E-state index in [2.05, 4.69) is 24.5 Å². The summed E-state index contributed by atoms with van der Waals surface area (Å²) in [6.45, 7) is 6.14. The second-order valence-corrected chi connectivity index (χ2v) is 5.11. The highest BCUT2D eigenvalue weighted by Gasteiger charge is 2.10. The average Bonchev–Trinajstić information content (AvgIpc) is 2.53. The van der Waals surface area contributed by atoms with Gasteiger partial charge in [0.1, 0.15) is 5.76 Å². The monoisotopic (exact) mass is 245 g/mol. The average molecular weight is 245 g/mol. The van der Waals surface area contributed by atoms with Crippen LogP contribution in [-0.2, 0) is 0 Å². The van der Waals surface area contributed by atoms with Crippen molar-refractivity contribution in [3.8, 4) is 0 Å². The third kappa shape index (κ3) is 4.11. The summed E-state index contributed by atoms with van der Waals surface area (Å²) in [5, 5.41) is 0.799. The molecule has 0 aliphatic rings. The molecule has 0 spiro atoms. The maximum absolute atomic E-state index is 5.51. The smallest absolute Gasteiger partial charge is 0.256 e. The summed E-state index contributed by atoms with van der Waals surface area (Å²) in [5.74, 6) is 3.59. The van der Waals surface area contributed by atoms with Crippen molar-refractivity contribution in [1.29, 1.82) is 0 Å². The van der Waals surface area contributed by atoms with Gasteiger partial charge in [0, 0.05) is 5.75 Å². The van der Waals surface area contributed by atoms with E-state index in [9.17, 15) is 0 Å². The Balaban J connectivity index is 2.41. The number of hydrogen-bond donors (Lipinski definition) is 1. The van der Waals surface area contributed by atoms with Crippen molar-refractivity contribution in [3.63, 3.8) is 0 Å². The highest BCUT2D eigenvalue weighted by Crippen LogP contribution is 2.24. The Hall–Kier alpha value is -0.0900. The standard InChI is InChI=1S/C11H19NOS2/c1-4-5-10(6-14)7-15-11-12-8(2)9(3)13-11/h10,14H,4-7H2,1-3H3. The van der Waals surface area contributed by atoms with Gasteiger partial charge in [0.15, 0.2) is 0 Å². The molecule has 15 heavy (non-hydrogen) atoms. The van der Waals surface area contributed by atoms with Gasteiger partial charge in [-0.15, -0.1) is 0 Å². The third-order valence-corrected chi connectivity index (χ3v) is 3.98. The van der Waals surface area contributed by atoms with Crippen molar-refractivity contribution in [2.75, 3.05) is 11.5 Å². The first-order valence-electron chi connectivity index (χ1n) is 5.35. The lowest BCUT2D eigenvalue weighted by atomic mass is 10.1. The van der Waals surface area contributed by atoms with Crippen LogP contribution in [0.1, 0.15) is 31.2 Å². The zero-order valence-electron chi connectivity index (χ0n) is 9.62. The predicted molar refractivity (Wildman–Crippen MR) is 69.0 cm³/mol. The molecular formula is C11H19NOS2. The van der Waals surface area contributed by atoms with Gasteiger partial charge in [-0.2, -0.15) is 12.6 Å². The van der Waals surface area contributed by atoms with E-state index >= 15 is 0 Å². The van der Waals surface area contributed by atoms with Crippen LogP contribution < -0.4 is 0 Å². The number of aromatic nitrogens is 1. The van der Waals surface area contributed by atoms with E-state index in [1.807, 2.05) is 13.8 Å². The molecular weight excluding hydrogens is 226 g/mol. The molecule has 2 nitrogen and oxygen atoms in total. The molecule has 0 N–H and O–H groups in total. The number of nitrogens with zero attached hydrogens (tertiary/aromatic N) is 1. The quantitative estimate of drug-likeness (QED) is 0.611. The van der Waals surface area contributed by atoms with Crippen molar-refractivity contribution < 1.29 is 4.42 Å². The number of thioether (sulfide) groups is 1. The molecule has 0 saturated carbocycles. The Morgan fingerprint density at radius 1 is 1.47 bits per heavy atom. The summed E-state index contributed by atoms with van der Waals surface area (Å²) in [6, 6.07) is 0. The lowest BCUT2D eigenvalue weighted by Gasteiger charge is -2.10. The summed E-state index contributed by atoms with van der Waals surface area (Å²) in [7, 11) is 0. The van der Waals surface area contributed by atoms with Gasteiger partial charge in [-0.25, -0.2) is 4.98 Å². The maximum Gasteiger partial charge on any atom is 0.256 e. The van der Waals surface area contributed by atoms with E-state index in [1.165, 1.54) is 12.8 Å². The highest BCUT2D eigenvalue weighted by molar-refractivity contribution is 7.99. The van der Waals surface area contributed by atoms with Crippen molar-refractivity contribution in [3.05, 3.63) is 11.5 Å². The molecule has 4 heteroatoms. The Kier molecular flexibility index (Phi) is 5.61. The zero-order valence-corrected chi connectivity index (χ0v) is 11.3. The Morgan fingerprint density at radius 2 is 2.20 bits per heavy atom. The minimum atomic E-state index is 0.663. The first-order chi connectivity index (χ1) is 7.17. The normalized spacial score (nSPS) is 13.1. The molecule has 0 fully saturated rings. The van der Waals surface area contributed by atoms with Gasteiger partial charge in [-0.1, -0.05) is 25.1 Å². The van der Waals surface area contributed by atoms with E-state index in [-0.39, 0.29) is 0 Å². The number of thiol groups is 1. The molecule has 0 radical (unpaired) electrons. The minimum absolute atomic E-state index is 0.663. The number of hydrogen-bond acceptors (Lipinski definition) is 4. The molecule has 1 atom stereocenters. The highest BCUT2D eigenvalue weighted by atomic mass is 32.2. The molecule has 0 saturated heterocycles. The summed E-state index contributed by atoms with van der Waals surface area (Å²) in [4.78, 5) is 4.35. The van der Waals surface area contributed by atoms with E-state index < -0.39 is 0 Å².